The number of carbonyl (C=O) groups is 2. The van der Waals surface area contributed by atoms with Crippen LogP contribution in [0, 0.1) is 6.92 Å². The van der Waals surface area contributed by atoms with Crippen molar-refractivity contribution in [3.63, 3.8) is 0 Å². The van der Waals surface area contributed by atoms with Crippen molar-refractivity contribution in [2.75, 3.05) is 0 Å². The van der Waals surface area contributed by atoms with E-state index in [-0.39, 0.29) is 11.1 Å². The van der Waals surface area contributed by atoms with E-state index in [0.717, 1.165) is 11.1 Å². The molecule has 0 spiro atoms. The number of amides is 2. The summed E-state index contributed by atoms with van der Waals surface area (Å²) in [5.41, 5.74) is 9.96. The monoisotopic (exact) mass is 359 g/mol. The summed E-state index contributed by atoms with van der Waals surface area (Å²) in [5.74, 6) is -1.17. The number of halogens is 1. The van der Waals surface area contributed by atoms with Gasteiger partial charge in [-0.3, -0.25) is 9.59 Å². The van der Waals surface area contributed by atoms with Gasteiger partial charge in [0.05, 0.1) is 17.3 Å². The van der Waals surface area contributed by atoms with Crippen LogP contribution in [0.25, 0.3) is 0 Å². The number of benzene rings is 2. The van der Waals surface area contributed by atoms with Crippen LogP contribution < -0.4 is 11.2 Å². The van der Waals surface area contributed by atoms with Gasteiger partial charge in [-0.25, -0.2) is 5.43 Å². The second-order valence-corrected chi connectivity index (χ2v) is 5.58. The highest BCUT2D eigenvalue weighted by molar-refractivity contribution is 9.10. The van der Waals surface area contributed by atoms with Crippen molar-refractivity contribution in [2.45, 2.75) is 6.92 Å². The van der Waals surface area contributed by atoms with E-state index in [4.69, 9.17) is 5.73 Å². The fourth-order valence-corrected chi connectivity index (χ4v) is 2.16. The minimum Gasteiger partial charge on any atom is -0.366 e. The summed E-state index contributed by atoms with van der Waals surface area (Å²) in [5, 5.41) is 3.89. The predicted octanol–water partition coefficient (Wildman–Crippen LogP) is 2.62. The van der Waals surface area contributed by atoms with Crippen molar-refractivity contribution in [1.82, 2.24) is 5.43 Å². The van der Waals surface area contributed by atoms with Crippen LogP contribution in [0.1, 0.15) is 31.8 Å². The molecule has 112 valence electrons. The fourth-order valence-electron chi connectivity index (χ4n) is 1.80. The summed E-state index contributed by atoms with van der Waals surface area (Å²) in [6.45, 7) is 1.99. The quantitative estimate of drug-likeness (QED) is 0.649. The van der Waals surface area contributed by atoms with Crippen LogP contribution in [0.4, 0.5) is 0 Å². The van der Waals surface area contributed by atoms with Gasteiger partial charge in [0.25, 0.3) is 5.91 Å². The number of hydrogen-bond acceptors (Lipinski definition) is 3. The van der Waals surface area contributed by atoms with Gasteiger partial charge in [-0.2, -0.15) is 5.10 Å². The standard InChI is InChI=1S/C16H14BrN3O2/c1-10-2-4-11(5-3-10)9-19-20-16(22)14-8-12(17)6-7-13(14)15(18)21/h2-9H,1H3,(H2,18,21)(H,20,22). The van der Waals surface area contributed by atoms with Crippen molar-refractivity contribution in [2.24, 2.45) is 10.8 Å². The van der Waals surface area contributed by atoms with Crippen LogP contribution in [0.15, 0.2) is 52.0 Å². The van der Waals surface area contributed by atoms with Gasteiger partial charge in [0.15, 0.2) is 0 Å². The molecular weight excluding hydrogens is 346 g/mol. The maximum Gasteiger partial charge on any atom is 0.272 e. The van der Waals surface area contributed by atoms with Crippen molar-refractivity contribution < 1.29 is 9.59 Å². The zero-order chi connectivity index (χ0) is 16.1. The van der Waals surface area contributed by atoms with Crippen LogP contribution in [-0.4, -0.2) is 18.0 Å². The van der Waals surface area contributed by atoms with Crippen LogP contribution in [-0.2, 0) is 0 Å². The first kappa shape index (κ1) is 15.9. The Hall–Kier alpha value is -2.47. The van der Waals surface area contributed by atoms with Crippen molar-refractivity contribution in [1.29, 1.82) is 0 Å². The molecule has 0 aliphatic rings. The lowest BCUT2D eigenvalue weighted by molar-refractivity contribution is 0.0937. The van der Waals surface area contributed by atoms with Gasteiger partial charge in [-0.05, 0) is 30.7 Å². The topological polar surface area (TPSA) is 84.6 Å². The molecule has 0 saturated heterocycles. The lowest BCUT2D eigenvalue weighted by Gasteiger charge is -2.05. The van der Waals surface area contributed by atoms with E-state index in [1.165, 1.54) is 18.3 Å². The average molecular weight is 360 g/mol. The summed E-state index contributed by atoms with van der Waals surface area (Å²) >= 11 is 3.25. The number of primary amides is 1. The highest BCUT2D eigenvalue weighted by atomic mass is 79.9. The summed E-state index contributed by atoms with van der Waals surface area (Å²) in [7, 11) is 0. The Morgan fingerprint density at radius 1 is 1.14 bits per heavy atom. The molecule has 2 aromatic rings. The summed E-state index contributed by atoms with van der Waals surface area (Å²) in [6.07, 6.45) is 1.53. The molecule has 0 aliphatic carbocycles. The molecule has 0 radical (unpaired) electrons. The van der Waals surface area contributed by atoms with E-state index < -0.39 is 11.8 Å². The smallest absolute Gasteiger partial charge is 0.272 e. The summed E-state index contributed by atoms with van der Waals surface area (Å²) in [4.78, 5) is 23.5. The van der Waals surface area contributed by atoms with Crippen molar-refractivity contribution in [3.8, 4) is 0 Å². The third-order valence-electron chi connectivity index (χ3n) is 2.95. The lowest BCUT2D eigenvalue weighted by atomic mass is 10.1. The first-order chi connectivity index (χ1) is 10.5. The second kappa shape index (κ2) is 7.00. The maximum absolute atomic E-state index is 12.1. The Balaban J connectivity index is 2.14. The molecule has 0 aliphatic heterocycles. The van der Waals surface area contributed by atoms with E-state index in [0.29, 0.717) is 4.47 Å². The Labute approximate surface area is 136 Å². The molecular formula is C16H14BrN3O2. The zero-order valence-corrected chi connectivity index (χ0v) is 13.4. The fraction of sp³-hybridized carbons (Fsp3) is 0.0625. The SMILES string of the molecule is Cc1ccc(C=NNC(=O)c2cc(Br)ccc2C(N)=O)cc1. The first-order valence-electron chi connectivity index (χ1n) is 6.47. The molecule has 6 heteroatoms. The maximum atomic E-state index is 12.1. The number of hydrogen-bond donors (Lipinski definition) is 2. The number of nitrogens with two attached hydrogens (primary N) is 1. The van der Waals surface area contributed by atoms with Gasteiger partial charge in [0.2, 0.25) is 5.91 Å². The summed E-state index contributed by atoms with van der Waals surface area (Å²) < 4.78 is 0.671. The minimum absolute atomic E-state index is 0.145. The molecule has 5 nitrogen and oxygen atoms in total. The van der Waals surface area contributed by atoms with Gasteiger partial charge < -0.3 is 5.73 Å². The van der Waals surface area contributed by atoms with Crippen molar-refractivity contribution in [3.05, 3.63) is 69.2 Å². The molecule has 0 atom stereocenters. The third kappa shape index (κ3) is 4.02. The molecule has 0 aromatic heterocycles. The highest BCUT2D eigenvalue weighted by Gasteiger charge is 2.15. The lowest BCUT2D eigenvalue weighted by Crippen LogP contribution is -2.23. The molecule has 2 rings (SSSR count). The zero-order valence-electron chi connectivity index (χ0n) is 11.8. The van der Waals surface area contributed by atoms with Crippen molar-refractivity contribution >= 4 is 34.0 Å². The van der Waals surface area contributed by atoms with E-state index in [1.54, 1.807) is 6.07 Å². The van der Waals surface area contributed by atoms with Crippen LogP contribution >= 0.6 is 15.9 Å². The molecule has 0 bridgehead atoms. The Morgan fingerprint density at radius 3 is 2.45 bits per heavy atom. The van der Waals surface area contributed by atoms with Crippen LogP contribution in [0.2, 0.25) is 0 Å². The molecule has 0 saturated carbocycles. The number of nitrogens with zero attached hydrogens (tertiary/aromatic N) is 1. The molecule has 22 heavy (non-hydrogen) atoms. The predicted molar refractivity (Wildman–Crippen MR) is 88.9 cm³/mol. The van der Waals surface area contributed by atoms with Gasteiger partial charge in [-0.15, -0.1) is 0 Å². The molecule has 2 aromatic carbocycles. The van der Waals surface area contributed by atoms with Crippen LogP contribution in [0.3, 0.4) is 0 Å². The number of aryl methyl sites for hydroxylation is 1. The molecule has 3 N–H and O–H groups in total. The number of nitrogens with one attached hydrogen (secondary N) is 1. The first-order valence-corrected chi connectivity index (χ1v) is 7.26. The highest BCUT2D eigenvalue weighted by Crippen LogP contribution is 2.16. The van der Waals surface area contributed by atoms with Crippen LogP contribution in [0.5, 0.6) is 0 Å². The minimum atomic E-state index is -0.667. The largest absolute Gasteiger partial charge is 0.366 e. The molecule has 0 heterocycles. The van der Waals surface area contributed by atoms with E-state index in [2.05, 4.69) is 26.5 Å². The molecule has 0 fully saturated rings. The summed E-state index contributed by atoms with van der Waals surface area (Å²) in [6, 6.07) is 12.3. The Kier molecular flexibility index (Phi) is 5.06. The van der Waals surface area contributed by atoms with Gasteiger partial charge in [0, 0.05) is 4.47 Å². The van der Waals surface area contributed by atoms with Gasteiger partial charge >= 0.3 is 0 Å². The van der Waals surface area contributed by atoms with E-state index >= 15 is 0 Å². The molecule has 0 unspecified atom stereocenters. The second-order valence-electron chi connectivity index (χ2n) is 4.66. The third-order valence-corrected chi connectivity index (χ3v) is 3.44. The number of rotatable bonds is 4. The average Bonchev–Trinajstić information content (AvgIpc) is 2.48. The van der Waals surface area contributed by atoms with E-state index in [9.17, 15) is 9.59 Å². The number of carbonyl (C=O) groups excluding carboxylic acids is 2. The Bertz CT molecular complexity index is 740. The van der Waals surface area contributed by atoms with Gasteiger partial charge in [0.1, 0.15) is 0 Å². The molecule has 2 amide bonds. The van der Waals surface area contributed by atoms with Gasteiger partial charge in [-0.1, -0.05) is 45.8 Å². The number of hydrazone groups is 1. The van der Waals surface area contributed by atoms with E-state index in [1.807, 2.05) is 31.2 Å². The normalized spacial score (nSPS) is 10.6. The Morgan fingerprint density at radius 2 is 1.82 bits per heavy atom.